The first-order valence-corrected chi connectivity index (χ1v) is 5.12. The molecule has 76 valence electrons. The maximum atomic E-state index is 10.1. The molecule has 2 heteroatoms. The Morgan fingerprint density at radius 3 is 2.50 bits per heavy atom. The summed E-state index contributed by atoms with van der Waals surface area (Å²) in [6.45, 7) is 5.69. The number of β-amino-alcohol motifs (C(OH)–C–C–N with tert-alkyl or cyclic N) is 1. The number of nitrogens with zero attached hydrogens (tertiary/aromatic N) is 1. The predicted molar refractivity (Wildman–Crippen MR) is 58.4 cm³/mol. The topological polar surface area (TPSA) is 23.5 Å². The number of hydrogen-bond acceptors (Lipinski definition) is 2. The van der Waals surface area contributed by atoms with Crippen LogP contribution < -0.4 is 4.90 Å². The van der Waals surface area contributed by atoms with Crippen molar-refractivity contribution in [1.82, 2.24) is 0 Å². The second kappa shape index (κ2) is 3.28. The molecule has 1 aliphatic heterocycles. The highest BCUT2D eigenvalue weighted by Crippen LogP contribution is 2.30. The lowest BCUT2D eigenvalue weighted by atomic mass is 9.95. The highest BCUT2D eigenvalue weighted by molar-refractivity contribution is 5.47. The Labute approximate surface area is 85.2 Å². The summed E-state index contributed by atoms with van der Waals surface area (Å²) in [5.41, 5.74) is 0.660. The van der Waals surface area contributed by atoms with Crippen molar-refractivity contribution >= 4 is 5.69 Å². The van der Waals surface area contributed by atoms with Gasteiger partial charge in [0.05, 0.1) is 5.60 Å². The van der Waals surface area contributed by atoms with E-state index in [9.17, 15) is 5.11 Å². The molecule has 1 saturated heterocycles. The number of benzene rings is 1. The van der Waals surface area contributed by atoms with Gasteiger partial charge in [-0.1, -0.05) is 25.1 Å². The zero-order chi connectivity index (χ0) is 10.2. The first-order valence-electron chi connectivity index (χ1n) is 5.12. The molecule has 1 heterocycles. The van der Waals surface area contributed by atoms with Gasteiger partial charge in [0, 0.05) is 24.7 Å². The second-order valence-corrected chi connectivity index (χ2v) is 4.47. The number of aliphatic hydroxyl groups is 1. The molecular formula is C12H17NO. The summed E-state index contributed by atoms with van der Waals surface area (Å²) in [6.07, 6.45) is 0. The van der Waals surface area contributed by atoms with Crippen LogP contribution >= 0.6 is 0 Å². The Bertz CT molecular complexity index is 307. The van der Waals surface area contributed by atoms with Gasteiger partial charge in [0.15, 0.2) is 0 Å². The van der Waals surface area contributed by atoms with Crippen LogP contribution in [0.5, 0.6) is 0 Å². The van der Waals surface area contributed by atoms with Crippen molar-refractivity contribution in [2.75, 3.05) is 18.0 Å². The van der Waals surface area contributed by atoms with Crippen molar-refractivity contribution in [2.24, 2.45) is 5.92 Å². The molecular weight excluding hydrogens is 174 g/mol. The Kier molecular flexibility index (Phi) is 2.23. The molecule has 2 nitrogen and oxygen atoms in total. The van der Waals surface area contributed by atoms with Gasteiger partial charge in [-0.05, 0) is 19.1 Å². The molecule has 1 aromatic rings. The van der Waals surface area contributed by atoms with Crippen LogP contribution in [0.3, 0.4) is 0 Å². The summed E-state index contributed by atoms with van der Waals surface area (Å²) >= 11 is 0. The van der Waals surface area contributed by atoms with Crippen LogP contribution in [0.4, 0.5) is 5.69 Å². The van der Waals surface area contributed by atoms with Crippen LogP contribution in [-0.2, 0) is 0 Å². The Morgan fingerprint density at radius 2 is 2.00 bits per heavy atom. The van der Waals surface area contributed by atoms with Crippen molar-refractivity contribution in [3.63, 3.8) is 0 Å². The summed E-state index contributed by atoms with van der Waals surface area (Å²) < 4.78 is 0. The molecule has 0 bridgehead atoms. The summed E-state index contributed by atoms with van der Waals surface area (Å²) in [4.78, 5) is 2.24. The first-order chi connectivity index (χ1) is 6.59. The highest BCUT2D eigenvalue weighted by Gasteiger charge is 2.38. The molecule has 2 atom stereocenters. The Morgan fingerprint density at radius 1 is 1.36 bits per heavy atom. The van der Waals surface area contributed by atoms with Crippen LogP contribution in [0.1, 0.15) is 13.8 Å². The van der Waals surface area contributed by atoms with E-state index in [4.69, 9.17) is 0 Å². The molecule has 0 spiro atoms. The Balaban J connectivity index is 2.17. The molecule has 0 unspecified atom stereocenters. The fourth-order valence-corrected chi connectivity index (χ4v) is 1.97. The van der Waals surface area contributed by atoms with E-state index in [0.29, 0.717) is 5.92 Å². The second-order valence-electron chi connectivity index (χ2n) is 4.47. The van der Waals surface area contributed by atoms with E-state index in [0.717, 1.165) is 13.1 Å². The lowest BCUT2D eigenvalue weighted by Gasteiger charge is -2.21. The fraction of sp³-hybridized carbons (Fsp3) is 0.500. The normalized spacial score (nSPS) is 32.2. The summed E-state index contributed by atoms with van der Waals surface area (Å²) in [5.74, 6) is 0.336. The van der Waals surface area contributed by atoms with E-state index in [1.165, 1.54) is 5.69 Å². The van der Waals surface area contributed by atoms with Gasteiger partial charge < -0.3 is 10.0 Å². The van der Waals surface area contributed by atoms with Crippen LogP contribution in [0.15, 0.2) is 30.3 Å². The third-order valence-corrected chi connectivity index (χ3v) is 3.19. The SMILES string of the molecule is C[C@H]1CN(c2ccccc2)C[C@]1(C)O. The summed E-state index contributed by atoms with van der Waals surface area (Å²) in [7, 11) is 0. The smallest absolute Gasteiger partial charge is 0.0835 e. The van der Waals surface area contributed by atoms with E-state index < -0.39 is 5.60 Å². The molecule has 0 aliphatic carbocycles. The standard InChI is InChI=1S/C12H17NO/c1-10-8-13(9-12(10,2)14)11-6-4-3-5-7-11/h3-7,10,14H,8-9H2,1-2H3/t10-,12-/m0/s1. The van der Waals surface area contributed by atoms with Crippen molar-refractivity contribution in [1.29, 1.82) is 0 Å². The number of rotatable bonds is 1. The predicted octanol–water partition coefficient (Wildman–Crippen LogP) is 1.89. The molecule has 0 radical (unpaired) electrons. The molecule has 1 aromatic carbocycles. The minimum Gasteiger partial charge on any atom is -0.388 e. The lowest BCUT2D eigenvalue weighted by Crippen LogP contribution is -2.33. The number of para-hydroxylation sites is 1. The minimum atomic E-state index is -0.546. The molecule has 0 amide bonds. The number of hydrogen-bond donors (Lipinski definition) is 1. The molecule has 0 aromatic heterocycles. The van der Waals surface area contributed by atoms with Crippen molar-refractivity contribution in [2.45, 2.75) is 19.4 Å². The lowest BCUT2D eigenvalue weighted by molar-refractivity contribution is 0.0443. The van der Waals surface area contributed by atoms with E-state index in [2.05, 4.69) is 24.0 Å². The van der Waals surface area contributed by atoms with E-state index in [1.54, 1.807) is 0 Å². The maximum Gasteiger partial charge on any atom is 0.0835 e. The minimum absolute atomic E-state index is 0.336. The molecule has 1 fully saturated rings. The van der Waals surface area contributed by atoms with E-state index in [-0.39, 0.29) is 0 Å². The van der Waals surface area contributed by atoms with Gasteiger partial charge in [0.1, 0.15) is 0 Å². The van der Waals surface area contributed by atoms with Crippen molar-refractivity contribution in [3.05, 3.63) is 30.3 Å². The molecule has 2 rings (SSSR count). The van der Waals surface area contributed by atoms with Gasteiger partial charge in [0.2, 0.25) is 0 Å². The summed E-state index contributed by atoms with van der Waals surface area (Å²) in [5, 5.41) is 10.1. The number of anilines is 1. The van der Waals surface area contributed by atoms with Gasteiger partial charge in [-0.3, -0.25) is 0 Å². The fourth-order valence-electron chi connectivity index (χ4n) is 1.97. The van der Waals surface area contributed by atoms with Crippen LogP contribution in [0.25, 0.3) is 0 Å². The van der Waals surface area contributed by atoms with Gasteiger partial charge in [-0.15, -0.1) is 0 Å². The monoisotopic (exact) mass is 191 g/mol. The zero-order valence-electron chi connectivity index (χ0n) is 8.77. The highest BCUT2D eigenvalue weighted by atomic mass is 16.3. The first kappa shape index (κ1) is 9.53. The van der Waals surface area contributed by atoms with Crippen LogP contribution in [0.2, 0.25) is 0 Å². The quantitative estimate of drug-likeness (QED) is 0.732. The van der Waals surface area contributed by atoms with Gasteiger partial charge in [-0.2, -0.15) is 0 Å². The van der Waals surface area contributed by atoms with Crippen molar-refractivity contribution < 1.29 is 5.11 Å². The molecule has 0 saturated carbocycles. The molecule has 14 heavy (non-hydrogen) atoms. The molecule has 1 N–H and O–H groups in total. The third kappa shape index (κ3) is 1.62. The third-order valence-electron chi connectivity index (χ3n) is 3.19. The van der Waals surface area contributed by atoms with Crippen molar-refractivity contribution in [3.8, 4) is 0 Å². The van der Waals surface area contributed by atoms with E-state index >= 15 is 0 Å². The maximum absolute atomic E-state index is 10.1. The van der Waals surface area contributed by atoms with E-state index in [1.807, 2.05) is 25.1 Å². The summed E-state index contributed by atoms with van der Waals surface area (Å²) in [6, 6.07) is 10.3. The Hall–Kier alpha value is -1.02. The van der Waals surface area contributed by atoms with Crippen LogP contribution in [0, 0.1) is 5.92 Å². The largest absolute Gasteiger partial charge is 0.388 e. The van der Waals surface area contributed by atoms with Gasteiger partial charge in [-0.25, -0.2) is 0 Å². The van der Waals surface area contributed by atoms with Gasteiger partial charge in [0.25, 0.3) is 0 Å². The van der Waals surface area contributed by atoms with Crippen LogP contribution in [-0.4, -0.2) is 23.8 Å². The van der Waals surface area contributed by atoms with Gasteiger partial charge >= 0.3 is 0 Å². The molecule has 1 aliphatic rings. The average Bonchev–Trinajstić information content (AvgIpc) is 2.43. The zero-order valence-corrected chi connectivity index (χ0v) is 8.77. The average molecular weight is 191 g/mol.